The number of nitrogens with zero attached hydrogens (tertiary/aromatic N) is 3. The van der Waals surface area contributed by atoms with Crippen molar-refractivity contribution < 1.29 is 18.0 Å². The highest BCUT2D eigenvalue weighted by Gasteiger charge is 2.68. The molecule has 1 aliphatic carbocycles. The third kappa shape index (κ3) is 4.43. The van der Waals surface area contributed by atoms with E-state index in [4.69, 9.17) is 18.2 Å². The Bertz CT molecular complexity index is 1330. The zero-order valence-corrected chi connectivity index (χ0v) is 19.6. The maximum absolute atomic E-state index is 13.2. The first-order valence-corrected chi connectivity index (χ1v) is 11.9. The fourth-order valence-corrected chi connectivity index (χ4v) is 4.83. The smallest absolute Gasteiger partial charge is 0.380 e. The van der Waals surface area contributed by atoms with Crippen LogP contribution in [0.2, 0.25) is 5.02 Å². The van der Waals surface area contributed by atoms with Crippen LogP contribution < -0.4 is 10.2 Å². The van der Waals surface area contributed by atoms with Crippen LogP contribution >= 0.6 is 11.6 Å². The van der Waals surface area contributed by atoms with E-state index in [1.807, 2.05) is 12.1 Å². The fraction of sp³-hybridized carbons (Fsp3) is 0.400. The molecule has 2 aromatic carbocycles. The summed E-state index contributed by atoms with van der Waals surface area (Å²) in [6.45, 7) is 9.39. The molecule has 3 aromatic rings. The van der Waals surface area contributed by atoms with Crippen LogP contribution in [0, 0.1) is 12.0 Å². The van der Waals surface area contributed by atoms with Crippen LogP contribution in [0.1, 0.15) is 42.6 Å². The number of imidazole rings is 1. The first-order chi connectivity index (χ1) is 16.7. The molecular formula is C25H23ClF3N5O. The molecule has 10 heteroatoms. The van der Waals surface area contributed by atoms with Crippen LogP contribution in [0.5, 0.6) is 0 Å². The minimum atomic E-state index is -4.54. The molecule has 1 amide bonds. The third-order valence-corrected chi connectivity index (χ3v) is 7.21. The molecule has 0 atom stereocenters. The van der Waals surface area contributed by atoms with E-state index in [1.165, 1.54) is 0 Å². The van der Waals surface area contributed by atoms with Crippen molar-refractivity contribution in [2.45, 2.75) is 44.8 Å². The molecule has 1 aliphatic heterocycles. The van der Waals surface area contributed by atoms with E-state index in [0.717, 1.165) is 48.2 Å². The number of benzene rings is 2. The molecule has 182 valence electrons. The Morgan fingerprint density at radius 3 is 2.63 bits per heavy atom. The van der Waals surface area contributed by atoms with Crippen LogP contribution in [0.3, 0.4) is 0 Å². The van der Waals surface area contributed by atoms with Gasteiger partial charge in [-0.3, -0.25) is 4.79 Å². The molecule has 2 heterocycles. The lowest BCUT2D eigenvalue weighted by Crippen LogP contribution is -2.40. The number of anilines is 1. The SMILES string of the molecule is [C-]#[N+]c1cc2[nH]c(Cc3cc(CNC(=O)C4(C(F)(F)F)CC4)ccc3Cl)nc2cc1N1CCCC1. The van der Waals surface area contributed by atoms with Crippen molar-refractivity contribution >= 4 is 39.9 Å². The number of carbonyl (C=O) groups is 1. The van der Waals surface area contributed by atoms with Gasteiger partial charge in [0, 0.05) is 36.8 Å². The van der Waals surface area contributed by atoms with Crippen molar-refractivity contribution in [1.29, 1.82) is 0 Å². The van der Waals surface area contributed by atoms with Crippen molar-refractivity contribution in [3.05, 3.63) is 63.7 Å². The Hall–Kier alpha value is -3.25. The Kier molecular flexibility index (Phi) is 5.88. The standard InChI is InChI=1S/C25H23ClF3N5O/c1-30-20-12-18-19(13-21(20)34-8-2-3-9-34)33-22(32-18)11-16-10-15(4-5-17(16)26)14-31-23(35)24(6-7-24)25(27,28)29/h4-5,10,12-13H,2-3,6-9,11,14H2,(H,31,35)(H,32,33). The van der Waals surface area contributed by atoms with E-state index >= 15 is 0 Å². The molecule has 2 aliphatic rings. The monoisotopic (exact) mass is 501 g/mol. The number of hydrogen-bond acceptors (Lipinski definition) is 3. The third-order valence-electron chi connectivity index (χ3n) is 6.84. The van der Waals surface area contributed by atoms with Gasteiger partial charge in [0.2, 0.25) is 11.6 Å². The van der Waals surface area contributed by atoms with Gasteiger partial charge in [-0.25, -0.2) is 9.83 Å². The molecule has 0 radical (unpaired) electrons. The number of rotatable bonds is 6. The second kappa shape index (κ2) is 8.76. The van der Waals surface area contributed by atoms with E-state index in [-0.39, 0.29) is 19.4 Å². The summed E-state index contributed by atoms with van der Waals surface area (Å²) in [6.07, 6.45) is -2.30. The van der Waals surface area contributed by atoms with Crippen molar-refractivity contribution in [2.75, 3.05) is 18.0 Å². The number of amides is 1. The zero-order chi connectivity index (χ0) is 24.8. The highest BCUT2D eigenvalue weighted by molar-refractivity contribution is 6.31. The van der Waals surface area contributed by atoms with Gasteiger partial charge in [-0.05, 0) is 55.0 Å². The number of aromatic nitrogens is 2. The Morgan fingerprint density at radius 2 is 1.97 bits per heavy atom. The minimum Gasteiger partial charge on any atom is -0.380 e. The summed E-state index contributed by atoms with van der Waals surface area (Å²) in [7, 11) is 0. The first-order valence-electron chi connectivity index (χ1n) is 11.5. The van der Waals surface area contributed by atoms with E-state index in [1.54, 1.807) is 18.2 Å². The van der Waals surface area contributed by atoms with Crippen LogP contribution in [0.4, 0.5) is 24.5 Å². The number of fused-ring (bicyclic) bond motifs is 1. The molecule has 2 fully saturated rings. The fourth-order valence-electron chi connectivity index (χ4n) is 4.64. The topological polar surface area (TPSA) is 65.4 Å². The van der Waals surface area contributed by atoms with Gasteiger partial charge in [-0.15, -0.1) is 0 Å². The predicted molar refractivity (Wildman–Crippen MR) is 128 cm³/mol. The van der Waals surface area contributed by atoms with Gasteiger partial charge < -0.3 is 15.2 Å². The maximum Gasteiger partial charge on any atom is 0.403 e. The highest BCUT2D eigenvalue weighted by atomic mass is 35.5. The molecule has 0 unspecified atom stereocenters. The molecule has 35 heavy (non-hydrogen) atoms. The normalized spacial score (nSPS) is 16.9. The highest BCUT2D eigenvalue weighted by Crippen LogP contribution is 2.57. The molecule has 0 bridgehead atoms. The molecule has 1 saturated carbocycles. The Balaban J connectivity index is 1.33. The van der Waals surface area contributed by atoms with Crippen LogP contribution in [0.15, 0.2) is 30.3 Å². The molecule has 0 spiro atoms. The first kappa shape index (κ1) is 23.5. The summed E-state index contributed by atoms with van der Waals surface area (Å²) in [5, 5.41) is 2.92. The lowest BCUT2D eigenvalue weighted by atomic mass is 10.0. The van der Waals surface area contributed by atoms with Crippen LogP contribution in [-0.2, 0) is 17.8 Å². The summed E-state index contributed by atoms with van der Waals surface area (Å²) >= 11 is 6.38. The van der Waals surface area contributed by atoms with Crippen molar-refractivity contribution in [3.8, 4) is 0 Å². The number of aromatic amines is 1. The lowest BCUT2D eigenvalue weighted by Gasteiger charge is -2.19. The maximum atomic E-state index is 13.2. The van der Waals surface area contributed by atoms with Gasteiger partial charge in [0.1, 0.15) is 11.2 Å². The average Bonchev–Trinajstić information content (AvgIpc) is 3.30. The molecule has 2 N–H and O–H groups in total. The largest absolute Gasteiger partial charge is 0.403 e. The predicted octanol–water partition coefficient (Wildman–Crippen LogP) is 5.92. The number of alkyl halides is 3. The van der Waals surface area contributed by atoms with E-state index in [0.29, 0.717) is 28.5 Å². The van der Waals surface area contributed by atoms with Crippen molar-refractivity contribution in [2.24, 2.45) is 5.41 Å². The van der Waals surface area contributed by atoms with Crippen LogP contribution in [-0.4, -0.2) is 35.1 Å². The second-order valence-corrected chi connectivity index (χ2v) is 9.62. The van der Waals surface area contributed by atoms with Crippen molar-refractivity contribution in [1.82, 2.24) is 15.3 Å². The molecule has 6 nitrogen and oxygen atoms in total. The van der Waals surface area contributed by atoms with Crippen LogP contribution in [0.25, 0.3) is 15.9 Å². The summed E-state index contributed by atoms with van der Waals surface area (Å²) < 4.78 is 39.5. The summed E-state index contributed by atoms with van der Waals surface area (Å²) in [4.78, 5) is 26.0. The van der Waals surface area contributed by atoms with Gasteiger partial charge >= 0.3 is 6.18 Å². The van der Waals surface area contributed by atoms with E-state index in [9.17, 15) is 18.0 Å². The average molecular weight is 502 g/mol. The Labute approximate surface area is 205 Å². The van der Waals surface area contributed by atoms with Gasteiger partial charge in [0.15, 0.2) is 0 Å². The van der Waals surface area contributed by atoms with E-state index < -0.39 is 17.5 Å². The number of carbonyl (C=O) groups excluding carboxylic acids is 1. The number of halogens is 4. The zero-order valence-electron chi connectivity index (χ0n) is 18.8. The minimum absolute atomic E-state index is 0.0193. The van der Waals surface area contributed by atoms with Gasteiger partial charge in [-0.2, -0.15) is 13.2 Å². The quantitative estimate of drug-likeness (QED) is 0.412. The molecule has 1 aromatic heterocycles. The number of H-pyrrole nitrogens is 1. The summed E-state index contributed by atoms with van der Waals surface area (Å²) in [5.41, 5.74) is 2.14. The molecule has 1 saturated heterocycles. The lowest BCUT2D eigenvalue weighted by molar-refractivity contribution is -0.192. The van der Waals surface area contributed by atoms with Gasteiger partial charge in [-0.1, -0.05) is 23.7 Å². The summed E-state index contributed by atoms with van der Waals surface area (Å²) in [5.74, 6) is -0.324. The summed E-state index contributed by atoms with van der Waals surface area (Å²) in [6, 6.07) is 8.87. The molecule has 5 rings (SSSR count). The second-order valence-electron chi connectivity index (χ2n) is 9.21. The van der Waals surface area contributed by atoms with Gasteiger partial charge in [0.05, 0.1) is 17.6 Å². The number of nitrogens with one attached hydrogen (secondary N) is 2. The van der Waals surface area contributed by atoms with E-state index in [2.05, 4.69) is 25.0 Å². The Morgan fingerprint density at radius 1 is 1.23 bits per heavy atom. The van der Waals surface area contributed by atoms with Gasteiger partial charge in [0.25, 0.3) is 0 Å². The molecular weight excluding hydrogens is 479 g/mol. The van der Waals surface area contributed by atoms with Crippen molar-refractivity contribution in [3.63, 3.8) is 0 Å². The number of hydrogen-bond donors (Lipinski definition) is 2.